The van der Waals surface area contributed by atoms with Crippen molar-refractivity contribution in [2.75, 3.05) is 13.1 Å². The number of hydrogen-bond acceptors (Lipinski definition) is 2. The van der Waals surface area contributed by atoms with E-state index in [0.717, 1.165) is 35.2 Å². The van der Waals surface area contributed by atoms with Gasteiger partial charge in [0.05, 0.1) is 6.54 Å². The molecule has 18 heavy (non-hydrogen) atoms. The summed E-state index contributed by atoms with van der Waals surface area (Å²) in [7, 11) is 2.03. The lowest BCUT2D eigenvalue weighted by Crippen LogP contribution is -2.35. The summed E-state index contributed by atoms with van der Waals surface area (Å²) in [4.78, 5) is 14.4. The Morgan fingerprint density at radius 1 is 1.33 bits per heavy atom. The third-order valence-electron chi connectivity index (χ3n) is 3.63. The lowest BCUT2D eigenvalue weighted by Gasteiger charge is -2.25. The number of hydrogen-bond donors (Lipinski definition) is 0. The summed E-state index contributed by atoms with van der Waals surface area (Å²) in [5.41, 5.74) is 3.17. The van der Waals surface area contributed by atoms with Crippen LogP contribution in [0, 0.1) is 0 Å². The Balaban J connectivity index is 2.20. The quantitative estimate of drug-likeness (QED) is 0.753. The van der Waals surface area contributed by atoms with Crippen LogP contribution in [0.15, 0.2) is 36.9 Å². The van der Waals surface area contributed by atoms with Crippen LogP contribution < -0.4 is 0 Å². The van der Waals surface area contributed by atoms with E-state index in [4.69, 9.17) is 0 Å². The SMILES string of the molecule is C=CCN1CC(=O)c2c(n(C)c3ccccc23)C1. The normalized spacial score (nSPS) is 15.9. The molecule has 2 heterocycles. The molecule has 0 spiro atoms. The van der Waals surface area contributed by atoms with Crippen LogP contribution in [0.4, 0.5) is 0 Å². The van der Waals surface area contributed by atoms with E-state index < -0.39 is 0 Å². The van der Waals surface area contributed by atoms with Crippen molar-refractivity contribution >= 4 is 16.7 Å². The molecule has 1 aliphatic heterocycles. The number of carbonyl (C=O) groups excluding carboxylic acids is 1. The fourth-order valence-corrected chi connectivity index (χ4v) is 2.80. The number of benzene rings is 1. The van der Waals surface area contributed by atoms with Crippen molar-refractivity contribution in [3.05, 3.63) is 48.2 Å². The van der Waals surface area contributed by atoms with Gasteiger partial charge >= 0.3 is 0 Å². The van der Waals surface area contributed by atoms with Crippen LogP contribution in [0.2, 0.25) is 0 Å². The van der Waals surface area contributed by atoms with Crippen molar-refractivity contribution in [3.63, 3.8) is 0 Å². The first-order valence-corrected chi connectivity index (χ1v) is 6.15. The highest BCUT2D eigenvalue weighted by atomic mass is 16.1. The highest BCUT2D eigenvalue weighted by Crippen LogP contribution is 2.29. The molecule has 3 heteroatoms. The van der Waals surface area contributed by atoms with Gasteiger partial charge in [0.2, 0.25) is 0 Å². The Morgan fingerprint density at radius 3 is 2.89 bits per heavy atom. The Hall–Kier alpha value is -1.87. The van der Waals surface area contributed by atoms with Gasteiger partial charge in [-0.15, -0.1) is 6.58 Å². The summed E-state index contributed by atoms with van der Waals surface area (Å²) >= 11 is 0. The summed E-state index contributed by atoms with van der Waals surface area (Å²) in [6, 6.07) is 8.11. The second kappa shape index (κ2) is 4.10. The molecule has 1 aliphatic rings. The summed E-state index contributed by atoms with van der Waals surface area (Å²) < 4.78 is 2.14. The molecule has 3 rings (SSSR count). The Morgan fingerprint density at radius 2 is 2.11 bits per heavy atom. The van der Waals surface area contributed by atoms with Gasteiger partial charge in [-0.1, -0.05) is 24.3 Å². The van der Waals surface area contributed by atoms with Gasteiger partial charge < -0.3 is 4.57 Å². The molecule has 0 saturated heterocycles. The minimum absolute atomic E-state index is 0.218. The standard InChI is InChI=1S/C15H16N2O/c1-3-8-17-9-13-15(14(18)10-17)11-6-4-5-7-12(11)16(13)2/h3-7H,1,8-10H2,2H3. The second-order valence-corrected chi connectivity index (χ2v) is 4.78. The predicted molar refractivity (Wildman–Crippen MR) is 72.7 cm³/mol. The Bertz CT molecular complexity index is 639. The van der Waals surface area contributed by atoms with Crippen molar-refractivity contribution in [2.45, 2.75) is 6.54 Å². The van der Waals surface area contributed by atoms with Crippen molar-refractivity contribution in [1.29, 1.82) is 0 Å². The minimum Gasteiger partial charge on any atom is -0.346 e. The molecule has 0 atom stereocenters. The molecule has 1 aromatic heterocycles. The van der Waals surface area contributed by atoms with Gasteiger partial charge in [-0.2, -0.15) is 0 Å². The first-order valence-electron chi connectivity index (χ1n) is 6.15. The van der Waals surface area contributed by atoms with E-state index in [1.807, 2.05) is 31.3 Å². The second-order valence-electron chi connectivity index (χ2n) is 4.78. The van der Waals surface area contributed by atoms with E-state index >= 15 is 0 Å². The maximum Gasteiger partial charge on any atom is 0.179 e. The maximum absolute atomic E-state index is 12.3. The van der Waals surface area contributed by atoms with Crippen LogP contribution in [0.1, 0.15) is 16.1 Å². The fourth-order valence-electron chi connectivity index (χ4n) is 2.80. The number of fused-ring (bicyclic) bond motifs is 3. The molecule has 92 valence electrons. The van der Waals surface area contributed by atoms with Crippen molar-refractivity contribution in [1.82, 2.24) is 9.47 Å². The zero-order chi connectivity index (χ0) is 12.7. The molecule has 0 amide bonds. The fraction of sp³-hybridized carbons (Fsp3) is 0.267. The average Bonchev–Trinajstić information content (AvgIpc) is 2.65. The molecular weight excluding hydrogens is 224 g/mol. The van der Waals surface area contributed by atoms with Crippen LogP contribution in [-0.4, -0.2) is 28.3 Å². The average molecular weight is 240 g/mol. The van der Waals surface area contributed by atoms with Gasteiger partial charge in [0.1, 0.15) is 0 Å². The third kappa shape index (κ3) is 1.51. The van der Waals surface area contributed by atoms with E-state index in [0.29, 0.717) is 6.54 Å². The number of nitrogens with zero attached hydrogens (tertiary/aromatic N) is 2. The number of ketones is 1. The Kier molecular flexibility index (Phi) is 2.56. The third-order valence-corrected chi connectivity index (χ3v) is 3.63. The van der Waals surface area contributed by atoms with Crippen LogP contribution in [0.5, 0.6) is 0 Å². The van der Waals surface area contributed by atoms with E-state index in [9.17, 15) is 4.79 Å². The topological polar surface area (TPSA) is 25.2 Å². The first-order chi connectivity index (χ1) is 8.72. The number of carbonyl (C=O) groups is 1. The van der Waals surface area contributed by atoms with Crippen molar-refractivity contribution < 1.29 is 4.79 Å². The number of Topliss-reactive ketones (excluding diaryl/α,β-unsaturated/α-hetero) is 1. The zero-order valence-corrected chi connectivity index (χ0v) is 10.5. The molecule has 0 bridgehead atoms. The molecule has 3 nitrogen and oxygen atoms in total. The van der Waals surface area contributed by atoms with Crippen molar-refractivity contribution in [2.24, 2.45) is 7.05 Å². The van der Waals surface area contributed by atoms with Crippen LogP contribution in [0.25, 0.3) is 10.9 Å². The summed E-state index contributed by atoms with van der Waals surface area (Å²) in [5.74, 6) is 0.218. The molecule has 2 aromatic rings. The lowest BCUT2D eigenvalue weighted by atomic mass is 10.0. The van der Waals surface area contributed by atoms with Gasteiger partial charge in [0.15, 0.2) is 5.78 Å². The maximum atomic E-state index is 12.3. The lowest BCUT2D eigenvalue weighted by molar-refractivity contribution is 0.0910. The predicted octanol–water partition coefficient (Wildman–Crippen LogP) is 2.36. The smallest absolute Gasteiger partial charge is 0.179 e. The molecule has 0 fully saturated rings. The van der Waals surface area contributed by atoms with E-state index in [1.54, 1.807) is 0 Å². The van der Waals surface area contributed by atoms with Gasteiger partial charge in [-0.05, 0) is 6.07 Å². The highest BCUT2D eigenvalue weighted by Gasteiger charge is 2.27. The largest absolute Gasteiger partial charge is 0.346 e. The molecular formula is C15H16N2O. The van der Waals surface area contributed by atoms with E-state index in [1.165, 1.54) is 0 Å². The number of aryl methyl sites for hydroxylation is 1. The summed E-state index contributed by atoms with van der Waals surface area (Å²) in [6.07, 6.45) is 1.85. The van der Waals surface area contributed by atoms with Gasteiger partial charge in [-0.25, -0.2) is 0 Å². The molecule has 0 radical (unpaired) electrons. The van der Waals surface area contributed by atoms with Gasteiger partial charge in [0, 0.05) is 42.3 Å². The van der Waals surface area contributed by atoms with E-state index in [-0.39, 0.29) is 5.78 Å². The monoisotopic (exact) mass is 240 g/mol. The zero-order valence-electron chi connectivity index (χ0n) is 10.5. The van der Waals surface area contributed by atoms with Gasteiger partial charge in [-0.3, -0.25) is 9.69 Å². The Labute approximate surface area is 106 Å². The van der Waals surface area contributed by atoms with Gasteiger partial charge in [0.25, 0.3) is 0 Å². The summed E-state index contributed by atoms with van der Waals surface area (Å²) in [6.45, 7) is 5.81. The molecule has 0 aliphatic carbocycles. The van der Waals surface area contributed by atoms with E-state index in [2.05, 4.69) is 22.1 Å². The number of aromatic nitrogens is 1. The van der Waals surface area contributed by atoms with Crippen molar-refractivity contribution in [3.8, 4) is 0 Å². The molecule has 1 aromatic carbocycles. The highest BCUT2D eigenvalue weighted by molar-refractivity contribution is 6.11. The summed E-state index contributed by atoms with van der Waals surface area (Å²) in [5, 5.41) is 1.08. The minimum atomic E-state index is 0.218. The van der Waals surface area contributed by atoms with Crippen LogP contribution in [0.3, 0.4) is 0 Å². The number of rotatable bonds is 2. The van der Waals surface area contributed by atoms with Crippen LogP contribution >= 0.6 is 0 Å². The van der Waals surface area contributed by atoms with Crippen LogP contribution in [-0.2, 0) is 13.6 Å². The molecule has 0 N–H and O–H groups in total. The molecule has 0 unspecified atom stereocenters. The molecule has 0 saturated carbocycles. The number of para-hydroxylation sites is 1. The first kappa shape index (κ1) is 11.2.